The van der Waals surface area contributed by atoms with Crippen molar-refractivity contribution in [2.75, 3.05) is 26.8 Å². The molecule has 0 atom stereocenters. The number of nitrogens with one attached hydrogen (secondary N) is 1. The van der Waals surface area contributed by atoms with Crippen molar-refractivity contribution in [1.29, 1.82) is 0 Å². The Kier molecular flexibility index (Phi) is 2.84. The second-order valence-corrected chi connectivity index (χ2v) is 2.87. The van der Waals surface area contributed by atoms with Crippen LogP contribution in [0, 0.1) is 0 Å². The molecule has 1 saturated heterocycles. The van der Waals surface area contributed by atoms with Crippen molar-refractivity contribution in [1.82, 2.24) is 15.3 Å². The van der Waals surface area contributed by atoms with E-state index in [0.29, 0.717) is 6.42 Å². The molecule has 0 aromatic rings. The van der Waals surface area contributed by atoms with Crippen LogP contribution in [0.5, 0.6) is 0 Å². The number of hydrogen-bond acceptors (Lipinski definition) is 3. The van der Waals surface area contributed by atoms with Crippen molar-refractivity contribution in [3.05, 3.63) is 0 Å². The third-order valence-electron chi connectivity index (χ3n) is 1.77. The molecule has 0 spiro atoms. The molecule has 0 aromatic carbocycles. The van der Waals surface area contributed by atoms with Gasteiger partial charge in [-0.25, -0.2) is 5.01 Å². The molecule has 4 heteroatoms. The first kappa shape index (κ1) is 8.49. The van der Waals surface area contributed by atoms with E-state index in [9.17, 15) is 4.79 Å². The Hall–Kier alpha value is -0.610. The van der Waals surface area contributed by atoms with Crippen LogP contribution in [-0.2, 0) is 4.79 Å². The highest BCUT2D eigenvalue weighted by Crippen LogP contribution is 1.97. The SMILES string of the molecule is CCC(=O)NN1CCN(C)C1. The first-order chi connectivity index (χ1) is 5.22. The summed E-state index contributed by atoms with van der Waals surface area (Å²) in [7, 11) is 2.04. The Labute approximate surface area is 67.1 Å². The van der Waals surface area contributed by atoms with Crippen LogP contribution in [0.15, 0.2) is 0 Å². The maximum atomic E-state index is 10.9. The van der Waals surface area contributed by atoms with Crippen molar-refractivity contribution < 1.29 is 4.79 Å². The highest BCUT2D eigenvalue weighted by molar-refractivity contribution is 5.74. The summed E-state index contributed by atoms with van der Waals surface area (Å²) in [4.78, 5) is 13.1. The van der Waals surface area contributed by atoms with Gasteiger partial charge in [-0.1, -0.05) is 6.92 Å². The second kappa shape index (κ2) is 3.69. The Balaban J connectivity index is 2.23. The number of carbonyl (C=O) groups excluding carboxylic acids is 1. The van der Waals surface area contributed by atoms with E-state index in [1.54, 1.807) is 0 Å². The average Bonchev–Trinajstić information content (AvgIpc) is 2.35. The quantitative estimate of drug-likeness (QED) is 0.594. The molecular formula is C7H15N3O. The van der Waals surface area contributed by atoms with Crippen LogP contribution in [-0.4, -0.2) is 42.6 Å². The maximum Gasteiger partial charge on any atom is 0.234 e. The Morgan fingerprint density at radius 3 is 2.73 bits per heavy atom. The van der Waals surface area contributed by atoms with Crippen LogP contribution >= 0.6 is 0 Å². The van der Waals surface area contributed by atoms with Gasteiger partial charge in [0.15, 0.2) is 0 Å². The van der Waals surface area contributed by atoms with Crippen LogP contribution in [0.2, 0.25) is 0 Å². The summed E-state index contributed by atoms with van der Waals surface area (Å²) in [5.41, 5.74) is 2.81. The number of hydrogen-bond donors (Lipinski definition) is 1. The number of amides is 1. The minimum atomic E-state index is 0.0975. The molecule has 1 heterocycles. The van der Waals surface area contributed by atoms with Gasteiger partial charge in [0.1, 0.15) is 0 Å². The fourth-order valence-electron chi connectivity index (χ4n) is 1.07. The first-order valence-corrected chi connectivity index (χ1v) is 3.95. The second-order valence-electron chi connectivity index (χ2n) is 2.87. The van der Waals surface area contributed by atoms with E-state index >= 15 is 0 Å². The zero-order valence-corrected chi connectivity index (χ0v) is 7.13. The molecule has 1 N–H and O–H groups in total. The number of carbonyl (C=O) groups is 1. The van der Waals surface area contributed by atoms with Crippen LogP contribution in [0.3, 0.4) is 0 Å². The Morgan fingerprint density at radius 1 is 1.55 bits per heavy atom. The normalized spacial score (nSPS) is 20.5. The maximum absolute atomic E-state index is 10.9. The zero-order valence-electron chi connectivity index (χ0n) is 7.13. The molecular weight excluding hydrogens is 142 g/mol. The fourth-order valence-corrected chi connectivity index (χ4v) is 1.07. The Morgan fingerprint density at radius 2 is 2.27 bits per heavy atom. The number of likely N-dealkylation sites (N-methyl/N-ethyl adjacent to an activating group) is 1. The molecule has 1 fully saturated rings. The molecule has 11 heavy (non-hydrogen) atoms. The van der Waals surface area contributed by atoms with Gasteiger partial charge < -0.3 is 0 Å². The Bertz CT molecular complexity index is 149. The van der Waals surface area contributed by atoms with Gasteiger partial charge in [0, 0.05) is 19.5 Å². The van der Waals surface area contributed by atoms with Gasteiger partial charge in [-0.05, 0) is 7.05 Å². The summed E-state index contributed by atoms with van der Waals surface area (Å²) in [6, 6.07) is 0. The number of nitrogens with zero attached hydrogens (tertiary/aromatic N) is 2. The van der Waals surface area contributed by atoms with Crippen LogP contribution in [0.1, 0.15) is 13.3 Å². The molecule has 0 saturated carbocycles. The molecule has 1 amide bonds. The van der Waals surface area contributed by atoms with E-state index in [-0.39, 0.29) is 5.91 Å². The minimum Gasteiger partial charge on any atom is -0.291 e. The molecule has 1 rings (SSSR count). The highest BCUT2D eigenvalue weighted by atomic mass is 16.2. The van der Waals surface area contributed by atoms with Crippen molar-refractivity contribution in [3.63, 3.8) is 0 Å². The molecule has 1 aliphatic rings. The summed E-state index contributed by atoms with van der Waals surface area (Å²) < 4.78 is 0. The van der Waals surface area contributed by atoms with Gasteiger partial charge in [-0.3, -0.25) is 15.1 Å². The third kappa shape index (κ3) is 2.48. The third-order valence-corrected chi connectivity index (χ3v) is 1.77. The van der Waals surface area contributed by atoms with E-state index in [1.165, 1.54) is 0 Å². The van der Waals surface area contributed by atoms with E-state index in [4.69, 9.17) is 0 Å². The molecule has 0 aromatic heterocycles. The number of hydrazine groups is 1. The topological polar surface area (TPSA) is 35.6 Å². The molecule has 4 nitrogen and oxygen atoms in total. The lowest BCUT2D eigenvalue weighted by Crippen LogP contribution is -2.40. The largest absolute Gasteiger partial charge is 0.291 e. The van der Waals surface area contributed by atoms with E-state index < -0.39 is 0 Å². The predicted octanol–water partition coefficient (Wildman–Crippen LogP) is -0.367. The summed E-state index contributed by atoms with van der Waals surface area (Å²) in [5.74, 6) is 0.0975. The predicted molar refractivity (Wildman–Crippen MR) is 42.6 cm³/mol. The number of rotatable bonds is 2. The van der Waals surface area contributed by atoms with E-state index in [0.717, 1.165) is 19.8 Å². The molecule has 0 aliphatic carbocycles. The van der Waals surface area contributed by atoms with E-state index in [1.807, 2.05) is 19.0 Å². The molecule has 1 aliphatic heterocycles. The fraction of sp³-hybridized carbons (Fsp3) is 0.857. The molecule has 64 valence electrons. The van der Waals surface area contributed by atoms with Gasteiger partial charge in [0.25, 0.3) is 0 Å². The lowest BCUT2D eigenvalue weighted by atomic mass is 10.5. The molecule has 0 bridgehead atoms. The van der Waals surface area contributed by atoms with Gasteiger partial charge in [-0.2, -0.15) is 0 Å². The van der Waals surface area contributed by atoms with Gasteiger partial charge in [0.2, 0.25) is 5.91 Å². The van der Waals surface area contributed by atoms with Crippen molar-refractivity contribution >= 4 is 5.91 Å². The van der Waals surface area contributed by atoms with Crippen LogP contribution < -0.4 is 5.43 Å². The first-order valence-electron chi connectivity index (χ1n) is 3.95. The molecule has 0 radical (unpaired) electrons. The van der Waals surface area contributed by atoms with Crippen LogP contribution in [0.4, 0.5) is 0 Å². The summed E-state index contributed by atoms with van der Waals surface area (Å²) in [6.07, 6.45) is 0.556. The smallest absolute Gasteiger partial charge is 0.234 e. The van der Waals surface area contributed by atoms with Crippen LogP contribution in [0.25, 0.3) is 0 Å². The monoisotopic (exact) mass is 157 g/mol. The highest BCUT2D eigenvalue weighted by Gasteiger charge is 2.16. The summed E-state index contributed by atoms with van der Waals surface area (Å²) >= 11 is 0. The van der Waals surface area contributed by atoms with Crippen molar-refractivity contribution in [2.45, 2.75) is 13.3 Å². The lowest BCUT2D eigenvalue weighted by Gasteiger charge is -2.15. The van der Waals surface area contributed by atoms with Gasteiger partial charge in [-0.15, -0.1) is 0 Å². The van der Waals surface area contributed by atoms with Crippen molar-refractivity contribution in [3.8, 4) is 0 Å². The minimum absolute atomic E-state index is 0.0975. The molecule has 0 unspecified atom stereocenters. The van der Waals surface area contributed by atoms with Gasteiger partial charge >= 0.3 is 0 Å². The zero-order chi connectivity index (χ0) is 8.27. The van der Waals surface area contributed by atoms with Gasteiger partial charge in [0.05, 0.1) is 6.67 Å². The lowest BCUT2D eigenvalue weighted by molar-refractivity contribution is -0.125. The van der Waals surface area contributed by atoms with Crippen molar-refractivity contribution in [2.24, 2.45) is 0 Å². The summed E-state index contributed by atoms with van der Waals surface area (Å²) in [6.45, 7) is 4.66. The van der Waals surface area contributed by atoms with E-state index in [2.05, 4.69) is 10.3 Å². The average molecular weight is 157 g/mol. The summed E-state index contributed by atoms with van der Waals surface area (Å²) in [5, 5.41) is 1.94. The standard InChI is InChI=1S/C7H15N3O/c1-3-7(11)8-10-5-4-9(2)6-10/h3-6H2,1-2H3,(H,8,11).